The molecule has 24 heavy (non-hydrogen) atoms. The Morgan fingerprint density at radius 1 is 1.12 bits per heavy atom. The Morgan fingerprint density at radius 3 is 2.58 bits per heavy atom. The van der Waals surface area contributed by atoms with Crippen molar-refractivity contribution in [1.29, 1.82) is 0 Å². The van der Waals surface area contributed by atoms with Crippen molar-refractivity contribution in [3.63, 3.8) is 0 Å². The molecule has 2 N–H and O–H groups in total. The minimum atomic E-state index is -0.116. The molecular formula is C18H17ClN2O2S. The van der Waals surface area contributed by atoms with E-state index in [0.717, 1.165) is 17.7 Å². The lowest BCUT2D eigenvalue weighted by molar-refractivity contribution is -0.113. The molecule has 1 aliphatic rings. The predicted octanol–water partition coefficient (Wildman–Crippen LogP) is 3.96. The third-order valence-corrected chi connectivity index (χ3v) is 4.77. The van der Waals surface area contributed by atoms with Crippen LogP contribution < -0.4 is 10.6 Å². The fourth-order valence-electron chi connectivity index (χ4n) is 2.11. The zero-order valence-corrected chi connectivity index (χ0v) is 14.5. The molecule has 2 aromatic carbocycles. The van der Waals surface area contributed by atoms with Gasteiger partial charge in [-0.1, -0.05) is 17.7 Å². The first kappa shape index (κ1) is 16.9. The number of hydrogen-bond donors (Lipinski definition) is 2. The second-order valence-corrected chi connectivity index (χ2v) is 7.10. The number of carbonyl (C=O) groups is 2. The van der Waals surface area contributed by atoms with Crippen LogP contribution in [0.25, 0.3) is 0 Å². The Hall–Kier alpha value is -1.98. The highest BCUT2D eigenvalue weighted by Crippen LogP contribution is 2.21. The lowest BCUT2D eigenvalue weighted by atomic mass is 10.2. The van der Waals surface area contributed by atoms with E-state index in [2.05, 4.69) is 10.6 Å². The largest absolute Gasteiger partial charge is 0.349 e. The van der Waals surface area contributed by atoms with Crippen molar-refractivity contribution >= 4 is 40.9 Å². The molecule has 3 rings (SSSR count). The van der Waals surface area contributed by atoms with Crippen LogP contribution in [0.2, 0.25) is 5.02 Å². The summed E-state index contributed by atoms with van der Waals surface area (Å²) in [6, 6.07) is 14.6. The van der Waals surface area contributed by atoms with E-state index in [1.54, 1.807) is 36.4 Å². The van der Waals surface area contributed by atoms with Crippen LogP contribution in [0.4, 0.5) is 5.69 Å². The Balaban J connectivity index is 1.53. The molecule has 0 radical (unpaired) electrons. The number of halogens is 1. The van der Waals surface area contributed by atoms with Crippen molar-refractivity contribution in [3.05, 3.63) is 59.1 Å². The van der Waals surface area contributed by atoms with Gasteiger partial charge in [0.15, 0.2) is 0 Å². The zero-order valence-electron chi connectivity index (χ0n) is 12.9. The highest BCUT2D eigenvalue weighted by Gasteiger charge is 2.23. The monoisotopic (exact) mass is 360 g/mol. The molecule has 1 saturated carbocycles. The summed E-state index contributed by atoms with van der Waals surface area (Å²) in [5, 5.41) is 6.43. The molecule has 124 valence electrons. The van der Waals surface area contributed by atoms with Gasteiger partial charge in [-0.25, -0.2) is 0 Å². The van der Waals surface area contributed by atoms with Crippen LogP contribution in [0, 0.1) is 0 Å². The molecule has 0 heterocycles. The number of nitrogens with one attached hydrogen (secondary N) is 2. The van der Waals surface area contributed by atoms with Crippen molar-refractivity contribution in [2.45, 2.75) is 23.8 Å². The number of hydrogen-bond acceptors (Lipinski definition) is 3. The van der Waals surface area contributed by atoms with Gasteiger partial charge in [0.05, 0.1) is 5.75 Å². The van der Waals surface area contributed by atoms with Crippen LogP contribution in [-0.2, 0) is 4.79 Å². The Bertz CT molecular complexity index is 745. The van der Waals surface area contributed by atoms with Crippen LogP contribution in [0.5, 0.6) is 0 Å². The number of thioether (sulfide) groups is 1. The van der Waals surface area contributed by atoms with E-state index in [9.17, 15) is 9.59 Å². The van der Waals surface area contributed by atoms with Gasteiger partial charge in [-0.3, -0.25) is 9.59 Å². The second kappa shape index (κ2) is 7.73. The lowest BCUT2D eigenvalue weighted by Gasteiger charge is -2.08. The normalized spacial score (nSPS) is 13.4. The number of amides is 2. The average Bonchev–Trinajstić information content (AvgIpc) is 3.38. The van der Waals surface area contributed by atoms with Gasteiger partial charge in [0, 0.05) is 27.2 Å². The van der Waals surface area contributed by atoms with Crippen LogP contribution in [0.3, 0.4) is 0 Å². The van der Waals surface area contributed by atoms with Crippen molar-refractivity contribution < 1.29 is 9.59 Å². The van der Waals surface area contributed by atoms with Crippen LogP contribution >= 0.6 is 23.4 Å². The van der Waals surface area contributed by atoms with Gasteiger partial charge in [0.1, 0.15) is 0 Å². The van der Waals surface area contributed by atoms with Crippen molar-refractivity contribution in [3.8, 4) is 0 Å². The molecule has 1 fully saturated rings. The van der Waals surface area contributed by atoms with Crippen LogP contribution in [-0.4, -0.2) is 23.6 Å². The van der Waals surface area contributed by atoms with Crippen molar-refractivity contribution in [1.82, 2.24) is 5.32 Å². The molecule has 4 nitrogen and oxygen atoms in total. The summed E-state index contributed by atoms with van der Waals surface area (Å²) in [5.41, 5.74) is 1.19. The van der Waals surface area contributed by atoms with E-state index >= 15 is 0 Å². The smallest absolute Gasteiger partial charge is 0.251 e. The molecular weight excluding hydrogens is 344 g/mol. The fraction of sp³-hybridized carbons (Fsp3) is 0.222. The van der Waals surface area contributed by atoms with Crippen LogP contribution in [0.1, 0.15) is 23.2 Å². The highest BCUT2D eigenvalue weighted by atomic mass is 35.5. The van der Waals surface area contributed by atoms with E-state index in [0.29, 0.717) is 28.1 Å². The van der Waals surface area contributed by atoms with Gasteiger partial charge in [0.25, 0.3) is 5.91 Å². The summed E-state index contributed by atoms with van der Waals surface area (Å²) in [7, 11) is 0. The van der Waals surface area contributed by atoms with Gasteiger partial charge in [-0.2, -0.15) is 0 Å². The second-order valence-electron chi connectivity index (χ2n) is 5.62. The molecule has 6 heteroatoms. The first-order valence-corrected chi connectivity index (χ1v) is 9.06. The minimum Gasteiger partial charge on any atom is -0.349 e. The Morgan fingerprint density at radius 2 is 1.88 bits per heavy atom. The summed E-state index contributed by atoms with van der Waals surface area (Å²) >= 11 is 7.27. The summed E-state index contributed by atoms with van der Waals surface area (Å²) in [6.45, 7) is 0. The third-order valence-electron chi connectivity index (χ3n) is 3.50. The molecule has 0 aromatic heterocycles. The molecule has 0 saturated heterocycles. The van der Waals surface area contributed by atoms with Gasteiger partial charge in [-0.15, -0.1) is 11.8 Å². The van der Waals surface area contributed by atoms with Crippen molar-refractivity contribution in [2.24, 2.45) is 0 Å². The quantitative estimate of drug-likeness (QED) is 0.766. The topological polar surface area (TPSA) is 58.2 Å². The summed E-state index contributed by atoms with van der Waals surface area (Å²) in [4.78, 5) is 25.1. The minimum absolute atomic E-state index is 0.0934. The molecule has 0 atom stereocenters. The van der Waals surface area contributed by atoms with Crippen LogP contribution in [0.15, 0.2) is 53.4 Å². The highest BCUT2D eigenvalue weighted by molar-refractivity contribution is 8.00. The maximum atomic E-state index is 12.1. The molecule has 0 unspecified atom stereocenters. The molecule has 2 aromatic rings. The zero-order chi connectivity index (χ0) is 16.9. The standard InChI is InChI=1S/C18H17ClN2O2S/c19-13-4-8-16(9-5-13)24-11-17(22)20-15-3-1-2-12(10-15)18(23)21-14-6-7-14/h1-5,8-10,14H,6-7,11H2,(H,20,22)(H,21,23). The summed E-state index contributed by atoms with van der Waals surface area (Å²) in [6.07, 6.45) is 2.09. The summed E-state index contributed by atoms with van der Waals surface area (Å²) in [5.74, 6) is 0.0824. The van der Waals surface area contributed by atoms with Crippen molar-refractivity contribution in [2.75, 3.05) is 11.1 Å². The molecule has 2 amide bonds. The molecule has 0 bridgehead atoms. The fourth-order valence-corrected chi connectivity index (χ4v) is 2.94. The van der Waals surface area contributed by atoms with E-state index in [1.165, 1.54) is 11.8 Å². The molecule has 1 aliphatic carbocycles. The third kappa shape index (κ3) is 5.01. The Kier molecular flexibility index (Phi) is 5.43. The molecule has 0 aliphatic heterocycles. The van der Waals surface area contributed by atoms with Gasteiger partial charge >= 0.3 is 0 Å². The molecule has 0 spiro atoms. The van der Waals surface area contributed by atoms with E-state index in [-0.39, 0.29) is 11.8 Å². The van der Waals surface area contributed by atoms with E-state index < -0.39 is 0 Å². The summed E-state index contributed by atoms with van der Waals surface area (Å²) < 4.78 is 0. The van der Waals surface area contributed by atoms with Gasteiger partial charge < -0.3 is 10.6 Å². The Labute approximate surface area is 150 Å². The van der Waals surface area contributed by atoms with Gasteiger partial charge in [-0.05, 0) is 55.3 Å². The predicted molar refractivity (Wildman–Crippen MR) is 97.7 cm³/mol. The number of carbonyl (C=O) groups excluding carboxylic acids is 2. The maximum absolute atomic E-state index is 12.1. The SMILES string of the molecule is O=C(CSc1ccc(Cl)cc1)Nc1cccc(C(=O)NC2CC2)c1. The first-order chi connectivity index (χ1) is 11.6. The number of benzene rings is 2. The number of anilines is 1. The first-order valence-electron chi connectivity index (χ1n) is 7.69. The van der Waals surface area contributed by atoms with E-state index in [1.807, 2.05) is 12.1 Å². The number of rotatable bonds is 6. The van der Waals surface area contributed by atoms with E-state index in [4.69, 9.17) is 11.6 Å². The maximum Gasteiger partial charge on any atom is 0.251 e. The van der Waals surface area contributed by atoms with Gasteiger partial charge in [0.2, 0.25) is 5.91 Å². The average molecular weight is 361 g/mol. The lowest BCUT2D eigenvalue weighted by Crippen LogP contribution is -2.25.